The molecule has 6 nitrogen and oxygen atoms in total. The molecule has 0 aliphatic heterocycles. The van der Waals surface area contributed by atoms with Crippen molar-refractivity contribution >= 4 is 29.1 Å². The van der Waals surface area contributed by atoms with E-state index in [0.717, 1.165) is 11.3 Å². The minimum atomic E-state index is -0.319. The molecule has 0 aliphatic carbocycles. The van der Waals surface area contributed by atoms with Gasteiger partial charge in [0.05, 0.1) is 26.5 Å². The van der Waals surface area contributed by atoms with Crippen LogP contribution in [0, 0.1) is 0 Å². The van der Waals surface area contributed by atoms with E-state index >= 15 is 0 Å². The molecule has 0 unspecified atom stereocenters. The van der Waals surface area contributed by atoms with Gasteiger partial charge in [-0.1, -0.05) is 23.7 Å². The third-order valence-electron chi connectivity index (χ3n) is 4.04. The van der Waals surface area contributed by atoms with Gasteiger partial charge in [0.1, 0.15) is 11.5 Å². The fraction of sp³-hybridized carbons (Fsp3) is 0.300. The number of hydrogen-bond acceptors (Lipinski definition) is 4. The van der Waals surface area contributed by atoms with Crippen LogP contribution >= 0.6 is 11.6 Å². The van der Waals surface area contributed by atoms with Gasteiger partial charge in [0.15, 0.2) is 0 Å². The number of amides is 2. The molecular formula is C20H23ClN2O4. The molecule has 0 aliphatic rings. The molecule has 7 heteroatoms. The maximum Gasteiger partial charge on any atom is 0.244 e. The van der Waals surface area contributed by atoms with Crippen molar-refractivity contribution in [3.8, 4) is 11.5 Å². The molecule has 144 valence electrons. The van der Waals surface area contributed by atoms with E-state index in [1.165, 1.54) is 18.9 Å². The van der Waals surface area contributed by atoms with Crippen molar-refractivity contribution in [1.82, 2.24) is 4.90 Å². The maximum atomic E-state index is 12.4. The van der Waals surface area contributed by atoms with Gasteiger partial charge in [-0.3, -0.25) is 9.59 Å². The molecule has 0 fully saturated rings. The Balaban J connectivity index is 1.97. The lowest BCUT2D eigenvalue weighted by atomic mass is 10.1. The number of anilines is 1. The van der Waals surface area contributed by atoms with Crippen LogP contribution < -0.4 is 14.8 Å². The molecule has 2 aromatic carbocycles. The Hall–Kier alpha value is -2.73. The summed E-state index contributed by atoms with van der Waals surface area (Å²) >= 11 is 5.97. The summed E-state index contributed by atoms with van der Waals surface area (Å²) in [7, 11) is 3.12. The van der Waals surface area contributed by atoms with Crippen molar-refractivity contribution in [3.05, 3.63) is 53.1 Å². The number of hydrogen-bond donors (Lipinski definition) is 1. The summed E-state index contributed by atoms with van der Waals surface area (Å²) in [5.74, 6) is 0.787. The summed E-state index contributed by atoms with van der Waals surface area (Å²) in [5.41, 5.74) is 1.52. The molecule has 0 saturated heterocycles. The van der Waals surface area contributed by atoms with E-state index in [2.05, 4.69) is 5.32 Å². The SMILES string of the molecule is COc1ccc(CCN(CC(=O)Nc2cc(Cl)ccc2OC)C(C)=O)cc1. The molecule has 2 amide bonds. The summed E-state index contributed by atoms with van der Waals surface area (Å²) in [6.07, 6.45) is 0.636. The first kappa shape index (κ1) is 20.6. The average molecular weight is 391 g/mol. The van der Waals surface area contributed by atoms with E-state index < -0.39 is 0 Å². The molecule has 27 heavy (non-hydrogen) atoms. The standard InChI is InChI=1S/C20H23ClN2O4/c1-14(24)23(11-10-15-4-7-17(26-2)8-5-15)13-20(25)22-18-12-16(21)6-9-19(18)27-3/h4-9,12H,10-11,13H2,1-3H3,(H,22,25). The molecule has 0 spiro atoms. The second kappa shape index (κ2) is 9.83. The summed E-state index contributed by atoms with van der Waals surface area (Å²) in [6.45, 7) is 1.82. The average Bonchev–Trinajstić information content (AvgIpc) is 2.65. The van der Waals surface area contributed by atoms with Crippen molar-refractivity contribution in [2.24, 2.45) is 0 Å². The normalized spacial score (nSPS) is 10.2. The Morgan fingerprint density at radius 3 is 2.37 bits per heavy atom. The lowest BCUT2D eigenvalue weighted by Gasteiger charge is -2.21. The molecule has 0 radical (unpaired) electrons. The van der Waals surface area contributed by atoms with Gasteiger partial charge >= 0.3 is 0 Å². The van der Waals surface area contributed by atoms with E-state index in [1.54, 1.807) is 25.3 Å². The van der Waals surface area contributed by atoms with Gasteiger partial charge in [0.25, 0.3) is 0 Å². The van der Waals surface area contributed by atoms with Crippen molar-refractivity contribution in [1.29, 1.82) is 0 Å². The first-order chi connectivity index (χ1) is 12.9. The number of methoxy groups -OCH3 is 2. The quantitative estimate of drug-likeness (QED) is 0.750. The van der Waals surface area contributed by atoms with Crippen molar-refractivity contribution in [2.75, 3.05) is 32.6 Å². The Morgan fingerprint density at radius 1 is 1.07 bits per heavy atom. The van der Waals surface area contributed by atoms with Gasteiger partial charge in [-0.25, -0.2) is 0 Å². The van der Waals surface area contributed by atoms with Gasteiger partial charge < -0.3 is 19.7 Å². The minimum Gasteiger partial charge on any atom is -0.497 e. The molecule has 0 heterocycles. The third-order valence-corrected chi connectivity index (χ3v) is 4.28. The topological polar surface area (TPSA) is 67.9 Å². The smallest absolute Gasteiger partial charge is 0.244 e. The van der Waals surface area contributed by atoms with Gasteiger partial charge in [0, 0.05) is 18.5 Å². The van der Waals surface area contributed by atoms with Crippen LogP contribution in [0.2, 0.25) is 5.02 Å². The summed E-state index contributed by atoms with van der Waals surface area (Å²) in [4.78, 5) is 25.8. The second-order valence-electron chi connectivity index (χ2n) is 5.93. The van der Waals surface area contributed by atoms with E-state index in [-0.39, 0.29) is 18.4 Å². The van der Waals surface area contributed by atoms with Crippen LogP contribution in [-0.2, 0) is 16.0 Å². The Kier molecular flexibility index (Phi) is 7.49. The second-order valence-corrected chi connectivity index (χ2v) is 6.37. The largest absolute Gasteiger partial charge is 0.497 e. The number of benzene rings is 2. The highest BCUT2D eigenvalue weighted by molar-refractivity contribution is 6.31. The molecule has 0 saturated carbocycles. The Morgan fingerprint density at radius 2 is 1.78 bits per heavy atom. The fourth-order valence-electron chi connectivity index (χ4n) is 2.55. The number of nitrogens with one attached hydrogen (secondary N) is 1. The highest BCUT2D eigenvalue weighted by Crippen LogP contribution is 2.27. The highest BCUT2D eigenvalue weighted by Gasteiger charge is 2.15. The molecule has 2 aromatic rings. The summed E-state index contributed by atoms with van der Waals surface area (Å²) < 4.78 is 10.3. The van der Waals surface area contributed by atoms with Crippen LogP contribution in [0.3, 0.4) is 0 Å². The zero-order chi connectivity index (χ0) is 19.8. The van der Waals surface area contributed by atoms with Crippen LogP contribution in [0.5, 0.6) is 11.5 Å². The van der Waals surface area contributed by atoms with Crippen LogP contribution in [0.4, 0.5) is 5.69 Å². The van der Waals surface area contributed by atoms with Gasteiger partial charge in [0.2, 0.25) is 11.8 Å². The van der Waals surface area contributed by atoms with Crippen LogP contribution in [0.25, 0.3) is 0 Å². The lowest BCUT2D eigenvalue weighted by molar-refractivity contribution is -0.132. The molecule has 0 atom stereocenters. The molecule has 2 rings (SSSR count). The predicted molar refractivity (Wildman–Crippen MR) is 106 cm³/mol. The van der Waals surface area contributed by atoms with Gasteiger partial charge in [-0.15, -0.1) is 0 Å². The Bertz CT molecular complexity index is 793. The zero-order valence-corrected chi connectivity index (χ0v) is 16.4. The van der Waals surface area contributed by atoms with Crippen LogP contribution in [0.1, 0.15) is 12.5 Å². The lowest BCUT2D eigenvalue weighted by Crippen LogP contribution is -2.38. The van der Waals surface area contributed by atoms with Gasteiger partial charge in [-0.2, -0.15) is 0 Å². The monoisotopic (exact) mass is 390 g/mol. The number of rotatable bonds is 8. The van der Waals surface area contributed by atoms with E-state index in [9.17, 15) is 9.59 Å². The molecule has 1 N–H and O–H groups in total. The predicted octanol–water partition coefficient (Wildman–Crippen LogP) is 3.39. The first-order valence-electron chi connectivity index (χ1n) is 8.44. The van der Waals surface area contributed by atoms with Crippen LogP contribution in [0.15, 0.2) is 42.5 Å². The van der Waals surface area contributed by atoms with Crippen LogP contribution in [-0.4, -0.2) is 44.0 Å². The summed E-state index contributed by atoms with van der Waals surface area (Å²) in [5, 5.41) is 3.22. The molecule has 0 bridgehead atoms. The number of carbonyl (C=O) groups is 2. The first-order valence-corrected chi connectivity index (χ1v) is 8.82. The zero-order valence-electron chi connectivity index (χ0n) is 15.6. The number of carbonyl (C=O) groups excluding carboxylic acids is 2. The third kappa shape index (κ3) is 6.18. The van der Waals surface area contributed by atoms with E-state index in [0.29, 0.717) is 29.4 Å². The van der Waals surface area contributed by atoms with Crippen molar-refractivity contribution in [3.63, 3.8) is 0 Å². The Labute approximate surface area is 164 Å². The molecular weight excluding hydrogens is 368 g/mol. The van der Waals surface area contributed by atoms with Crippen molar-refractivity contribution in [2.45, 2.75) is 13.3 Å². The van der Waals surface area contributed by atoms with Gasteiger partial charge in [-0.05, 0) is 42.3 Å². The van der Waals surface area contributed by atoms with E-state index in [1.807, 2.05) is 24.3 Å². The molecule has 0 aromatic heterocycles. The highest BCUT2D eigenvalue weighted by atomic mass is 35.5. The van der Waals surface area contributed by atoms with E-state index in [4.69, 9.17) is 21.1 Å². The number of halogens is 1. The minimum absolute atomic E-state index is 0.0544. The maximum absolute atomic E-state index is 12.4. The fourth-order valence-corrected chi connectivity index (χ4v) is 2.72. The number of ether oxygens (including phenoxy) is 2. The summed E-state index contributed by atoms with van der Waals surface area (Å²) in [6, 6.07) is 12.6. The van der Waals surface area contributed by atoms with Crippen molar-refractivity contribution < 1.29 is 19.1 Å². The number of nitrogens with zero attached hydrogens (tertiary/aromatic N) is 1.